The summed E-state index contributed by atoms with van der Waals surface area (Å²) in [5, 5.41) is 0. The third kappa shape index (κ3) is 3.88. The first kappa shape index (κ1) is 16.6. The van der Waals surface area contributed by atoms with E-state index in [1.807, 2.05) is 0 Å². The van der Waals surface area contributed by atoms with Gasteiger partial charge in [0, 0.05) is 19.1 Å². The Kier molecular flexibility index (Phi) is 4.76. The van der Waals surface area contributed by atoms with Crippen LogP contribution in [0.25, 0.3) is 0 Å². The number of hydrogen-bond acceptors (Lipinski definition) is 1. The van der Waals surface area contributed by atoms with Crippen molar-refractivity contribution in [2.45, 2.75) is 58.2 Å². The molecule has 25 heavy (non-hydrogen) atoms. The molecule has 1 spiro atoms. The van der Waals surface area contributed by atoms with E-state index in [1.165, 1.54) is 43.2 Å². The molecule has 1 saturated carbocycles. The average Bonchev–Trinajstić information content (AvgIpc) is 2.62. The molecule has 0 amide bonds. The van der Waals surface area contributed by atoms with Gasteiger partial charge in [-0.05, 0) is 55.6 Å². The van der Waals surface area contributed by atoms with Gasteiger partial charge in [-0.1, -0.05) is 72.3 Å². The zero-order valence-corrected chi connectivity index (χ0v) is 15.3. The Bertz CT molecular complexity index is 669. The zero-order chi connectivity index (χ0) is 17.1. The van der Waals surface area contributed by atoms with Crippen LogP contribution in [0.5, 0.6) is 0 Å². The molecular weight excluding hydrogens is 302 g/mol. The fourth-order valence-corrected chi connectivity index (χ4v) is 4.58. The topological polar surface area (TPSA) is 3.24 Å². The number of nitrogens with zero attached hydrogens (tertiary/aromatic N) is 1. The van der Waals surface area contributed by atoms with Crippen molar-refractivity contribution in [3.63, 3.8) is 0 Å². The second-order valence-corrected chi connectivity index (χ2v) is 8.19. The molecule has 0 saturated heterocycles. The van der Waals surface area contributed by atoms with Crippen molar-refractivity contribution in [1.82, 2.24) is 4.90 Å². The quantitative estimate of drug-likeness (QED) is 0.610. The summed E-state index contributed by atoms with van der Waals surface area (Å²) in [6, 6.07) is 22.6. The SMILES string of the molecule is CC1=CCC2(CC1)CC(N(Cc1ccccc1)Cc1ccccc1)C2. The Morgan fingerprint density at radius 3 is 1.92 bits per heavy atom. The molecule has 1 nitrogen and oxygen atoms in total. The third-order valence-electron chi connectivity index (χ3n) is 6.24. The maximum Gasteiger partial charge on any atom is 0.0240 e. The fraction of sp³-hybridized carbons (Fsp3) is 0.417. The first-order chi connectivity index (χ1) is 12.2. The van der Waals surface area contributed by atoms with Gasteiger partial charge in [0.2, 0.25) is 0 Å². The molecule has 2 aliphatic rings. The monoisotopic (exact) mass is 331 g/mol. The number of rotatable bonds is 5. The summed E-state index contributed by atoms with van der Waals surface area (Å²) in [6.07, 6.45) is 9.26. The van der Waals surface area contributed by atoms with Crippen LogP contribution >= 0.6 is 0 Å². The second-order valence-electron chi connectivity index (χ2n) is 8.19. The summed E-state index contributed by atoms with van der Waals surface area (Å²) < 4.78 is 0. The Morgan fingerprint density at radius 2 is 1.44 bits per heavy atom. The van der Waals surface area contributed by atoms with Crippen LogP contribution in [0.3, 0.4) is 0 Å². The maximum atomic E-state index is 2.71. The highest BCUT2D eigenvalue weighted by molar-refractivity contribution is 5.19. The third-order valence-corrected chi connectivity index (χ3v) is 6.24. The van der Waals surface area contributed by atoms with Gasteiger partial charge in [-0.15, -0.1) is 0 Å². The van der Waals surface area contributed by atoms with E-state index in [0.717, 1.165) is 19.1 Å². The molecule has 0 radical (unpaired) electrons. The van der Waals surface area contributed by atoms with E-state index < -0.39 is 0 Å². The number of benzene rings is 2. The molecule has 1 heteroatoms. The van der Waals surface area contributed by atoms with Crippen molar-refractivity contribution in [1.29, 1.82) is 0 Å². The summed E-state index contributed by atoms with van der Waals surface area (Å²) in [5.41, 5.74) is 5.06. The summed E-state index contributed by atoms with van der Waals surface area (Å²) >= 11 is 0. The highest BCUT2D eigenvalue weighted by atomic mass is 15.2. The van der Waals surface area contributed by atoms with E-state index >= 15 is 0 Å². The Morgan fingerprint density at radius 1 is 0.880 bits per heavy atom. The smallest absolute Gasteiger partial charge is 0.0240 e. The second kappa shape index (κ2) is 7.17. The molecule has 0 atom stereocenters. The minimum absolute atomic E-state index is 0.607. The maximum absolute atomic E-state index is 2.71. The van der Waals surface area contributed by atoms with Crippen LogP contribution in [0.2, 0.25) is 0 Å². The van der Waals surface area contributed by atoms with Gasteiger partial charge in [0.05, 0.1) is 0 Å². The van der Waals surface area contributed by atoms with E-state index in [9.17, 15) is 0 Å². The van der Waals surface area contributed by atoms with E-state index in [1.54, 1.807) is 5.57 Å². The van der Waals surface area contributed by atoms with Gasteiger partial charge in [-0.3, -0.25) is 4.90 Å². The molecule has 1 fully saturated rings. The van der Waals surface area contributed by atoms with Gasteiger partial charge < -0.3 is 0 Å². The van der Waals surface area contributed by atoms with Crippen LogP contribution in [0.1, 0.15) is 50.2 Å². The average molecular weight is 332 g/mol. The van der Waals surface area contributed by atoms with Crippen molar-refractivity contribution < 1.29 is 0 Å². The minimum Gasteiger partial charge on any atom is -0.292 e. The molecular formula is C24H29N. The Labute approximate surface area is 152 Å². The summed E-state index contributed by atoms with van der Waals surface area (Å²) in [4.78, 5) is 2.71. The van der Waals surface area contributed by atoms with Crippen LogP contribution < -0.4 is 0 Å². The molecule has 0 aromatic heterocycles. The Balaban J connectivity index is 1.46. The van der Waals surface area contributed by atoms with E-state index in [4.69, 9.17) is 0 Å². The van der Waals surface area contributed by atoms with Gasteiger partial charge in [0.15, 0.2) is 0 Å². The molecule has 0 N–H and O–H groups in total. The number of hydrogen-bond donors (Lipinski definition) is 0. The van der Waals surface area contributed by atoms with Gasteiger partial charge >= 0.3 is 0 Å². The molecule has 0 bridgehead atoms. The normalized spacial score (nSPS) is 25.7. The lowest BCUT2D eigenvalue weighted by Crippen LogP contribution is -2.50. The highest BCUT2D eigenvalue weighted by Crippen LogP contribution is 2.53. The standard InChI is InChI=1S/C24H29N/c1-20-12-14-24(15-13-20)16-23(17-24)25(18-21-8-4-2-5-9-21)19-22-10-6-3-7-11-22/h2-12,23H,13-19H2,1H3. The summed E-state index contributed by atoms with van der Waals surface area (Å²) in [7, 11) is 0. The van der Waals surface area contributed by atoms with Crippen molar-refractivity contribution in [3.8, 4) is 0 Å². The van der Waals surface area contributed by atoms with Crippen molar-refractivity contribution in [2.75, 3.05) is 0 Å². The molecule has 0 heterocycles. The lowest BCUT2D eigenvalue weighted by atomic mass is 9.58. The van der Waals surface area contributed by atoms with Crippen LogP contribution in [-0.2, 0) is 13.1 Å². The van der Waals surface area contributed by atoms with Crippen molar-refractivity contribution in [2.24, 2.45) is 5.41 Å². The minimum atomic E-state index is 0.607. The molecule has 4 rings (SSSR count). The molecule has 0 unspecified atom stereocenters. The molecule has 2 aromatic carbocycles. The van der Waals surface area contributed by atoms with Crippen LogP contribution in [0.15, 0.2) is 72.3 Å². The van der Waals surface area contributed by atoms with Gasteiger partial charge in [-0.25, -0.2) is 0 Å². The first-order valence-electron chi connectivity index (χ1n) is 9.70. The molecule has 2 aliphatic carbocycles. The van der Waals surface area contributed by atoms with E-state index in [2.05, 4.69) is 78.6 Å². The number of allylic oxidation sites excluding steroid dienone is 2. The van der Waals surface area contributed by atoms with Gasteiger partial charge in [0.1, 0.15) is 0 Å². The van der Waals surface area contributed by atoms with Crippen LogP contribution in [0.4, 0.5) is 0 Å². The molecule has 0 aliphatic heterocycles. The van der Waals surface area contributed by atoms with E-state index in [0.29, 0.717) is 5.41 Å². The predicted octanol–water partition coefficient (Wildman–Crippen LogP) is 5.97. The van der Waals surface area contributed by atoms with Crippen LogP contribution in [-0.4, -0.2) is 10.9 Å². The summed E-state index contributed by atoms with van der Waals surface area (Å²) in [5.74, 6) is 0. The van der Waals surface area contributed by atoms with Crippen molar-refractivity contribution >= 4 is 0 Å². The molecule has 130 valence electrons. The first-order valence-corrected chi connectivity index (χ1v) is 9.70. The van der Waals surface area contributed by atoms with Crippen molar-refractivity contribution in [3.05, 3.63) is 83.4 Å². The van der Waals surface area contributed by atoms with Crippen LogP contribution in [0, 0.1) is 5.41 Å². The summed E-state index contributed by atoms with van der Waals surface area (Å²) in [6.45, 7) is 4.41. The lowest BCUT2D eigenvalue weighted by molar-refractivity contribution is -0.0155. The Hall–Kier alpha value is -1.86. The molecule has 2 aromatic rings. The zero-order valence-electron chi connectivity index (χ0n) is 15.3. The van der Waals surface area contributed by atoms with Gasteiger partial charge in [0.25, 0.3) is 0 Å². The predicted molar refractivity (Wildman–Crippen MR) is 105 cm³/mol. The highest BCUT2D eigenvalue weighted by Gasteiger charge is 2.46. The van der Waals surface area contributed by atoms with E-state index in [-0.39, 0.29) is 0 Å². The van der Waals surface area contributed by atoms with Gasteiger partial charge in [-0.2, -0.15) is 0 Å². The fourth-order valence-electron chi connectivity index (χ4n) is 4.58. The largest absolute Gasteiger partial charge is 0.292 e. The lowest BCUT2D eigenvalue weighted by Gasteiger charge is -2.53.